The third kappa shape index (κ3) is 4.47. The van der Waals surface area contributed by atoms with E-state index in [-0.39, 0.29) is 12.5 Å². The molecule has 0 bridgehead atoms. The lowest BCUT2D eigenvalue weighted by molar-refractivity contribution is -0.150. The zero-order valence-electron chi connectivity index (χ0n) is 8.03. The molecule has 0 spiro atoms. The van der Waals surface area contributed by atoms with Gasteiger partial charge in [0.05, 0.1) is 12.7 Å². The van der Waals surface area contributed by atoms with Crippen molar-refractivity contribution in [2.45, 2.75) is 32.9 Å². The number of hydrogen-bond donors (Lipinski definition) is 2. The molecule has 0 radical (unpaired) electrons. The number of esters is 1. The van der Waals surface area contributed by atoms with Crippen LogP contribution in [0.2, 0.25) is 0 Å². The fraction of sp³-hybridized carbons (Fsp3) is 0.750. The molecule has 2 N–H and O–H groups in total. The molecule has 0 aliphatic carbocycles. The van der Waals surface area contributed by atoms with Gasteiger partial charge in [-0.2, -0.15) is 0 Å². The molecule has 0 aliphatic heterocycles. The second-order valence-corrected chi connectivity index (χ2v) is 2.67. The summed E-state index contributed by atoms with van der Waals surface area (Å²) in [6.07, 6.45) is -0.956. The van der Waals surface area contributed by atoms with Crippen LogP contribution in [0.15, 0.2) is 0 Å². The van der Waals surface area contributed by atoms with E-state index < -0.39 is 18.1 Å². The molecule has 13 heavy (non-hydrogen) atoms. The molecule has 0 saturated carbocycles. The standard InChI is InChI=1S/C8H15NO4/c1-4-13-8(12)7(5(2)10)9-6(3)11/h5,7,10H,4H2,1-3H3,(H,9,11)/t5?,7-/m0/s1. The molecule has 0 aliphatic rings. The minimum Gasteiger partial charge on any atom is -0.464 e. The number of ether oxygens (including phenoxy) is 1. The van der Waals surface area contributed by atoms with Crippen molar-refractivity contribution in [2.75, 3.05) is 6.61 Å². The Morgan fingerprint density at radius 3 is 2.38 bits per heavy atom. The summed E-state index contributed by atoms with van der Waals surface area (Å²) in [5, 5.41) is 11.4. The maximum atomic E-state index is 11.1. The maximum Gasteiger partial charge on any atom is 0.331 e. The highest BCUT2D eigenvalue weighted by atomic mass is 16.5. The number of aliphatic hydroxyl groups is 1. The SMILES string of the molecule is CCOC(=O)[C@@H](NC(C)=O)C(C)O. The average molecular weight is 189 g/mol. The predicted octanol–water partition coefficient (Wildman–Crippen LogP) is -0.565. The summed E-state index contributed by atoms with van der Waals surface area (Å²) in [5.41, 5.74) is 0. The molecular formula is C8H15NO4. The molecule has 1 amide bonds. The van der Waals surface area contributed by atoms with E-state index in [1.165, 1.54) is 13.8 Å². The topological polar surface area (TPSA) is 75.6 Å². The van der Waals surface area contributed by atoms with Crippen LogP contribution in [0.4, 0.5) is 0 Å². The summed E-state index contributed by atoms with van der Waals surface area (Å²) < 4.78 is 4.65. The molecule has 0 aromatic rings. The van der Waals surface area contributed by atoms with E-state index in [4.69, 9.17) is 5.11 Å². The van der Waals surface area contributed by atoms with Crippen molar-refractivity contribution in [1.29, 1.82) is 0 Å². The first kappa shape index (κ1) is 11.9. The van der Waals surface area contributed by atoms with Gasteiger partial charge in [-0.05, 0) is 13.8 Å². The van der Waals surface area contributed by atoms with E-state index >= 15 is 0 Å². The fourth-order valence-corrected chi connectivity index (χ4v) is 0.827. The highest BCUT2D eigenvalue weighted by Crippen LogP contribution is 1.96. The second-order valence-electron chi connectivity index (χ2n) is 2.67. The second kappa shape index (κ2) is 5.53. The van der Waals surface area contributed by atoms with Crippen LogP contribution >= 0.6 is 0 Å². The van der Waals surface area contributed by atoms with E-state index in [0.717, 1.165) is 0 Å². The lowest BCUT2D eigenvalue weighted by atomic mass is 10.2. The van der Waals surface area contributed by atoms with Crippen LogP contribution in [0.25, 0.3) is 0 Å². The van der Waals surface area contributed by atoms with Gasteiger partial charge in [-0.3, -0.25) is 4.79 Å². The monoisotopic (exact) mass is 189 g/mol. The van der Waals surface area contributed by atoms with Crippen molar-refractivity contribution in [3.8, 4) is 0 Å². The van der Waals surface area contributed by atoms with Crippen LogP contribution in [0.3, 0.4) is 0 Å². The summed E-state index contributed by atoms with van der Waals surface area (Å²) in [4.78, 5) is 21.8. The first-order valence-electron chi connectivity index (χ1n) is 4.10. The Labute approximate surface area is 77.1 Å². The van der Waals surface area contributed by atoms with Gasteiger partial charge in [0.2, 0.25) is 5.91 Å². The smallest absolute Gasteiger partial charge is 0.331 e. The number of amides is 1. The first-order chi connectivity index (χ1) is 5.99. The maximum absolute atomic E-state index is 11.1. The summed E-state index contributed by atoms with van der Waals surface area (Å²) in [5.74, 6) is -0.994. The van der Waals surface area contributed by atoms with Gasteiger partial charge in [-0.15, -0.1) is 0 Å². The van der Waals surface area contributed by atoms with Crippen molar-refractivity contribution in [2.24, 2.45) is 0 Å². The third-order valence-electron chi connectivity index (χ3n) is 1.38. The lowest BCUT2D eigenvalue weighted by Crippen LogP contribution is -2.47. The largest absolute Gasteiger partial charge is 0.464 e. The van der Waals surface area contributed by atoms with Crippen molar-refractivity contribution in [3.05, 3.63) is 0 Å². The molecule has 1 unspecified atom stereocenters. The average Bonchev–Trinajstić information content (AvgIpc) is 1.99. The first-order valence-corrected chi connectivity index (χ1v) is 4.10. The van der Waals surface area contributed by atoms with Gasteiger partial charge < -0.3 is 15.2 Å². The summed E-state index contributed by atoms with van der Waals surface area (Å²) in [7, 11) is 0. The molecule has 0 aromatic carbocycles. The van der Waals surface area contributed by atoms with Crippen LogP contribution in [-0.2, 0) is 14.3 Å². The quantitative estimate of drug-likeness (QED) is 0.581. The molecule has 0 saturated heterocycles. The Hall–Kier alpha value is -1.10. The molecule has 76 valence electrons. The molecule has 0 fully saturated rings. The van der Waals surface area contributed by atoms with Crippen molar-refractivity contribution in [3.63, 3.8) is 0 Å². The van der Waals surface area contributed by atoms with Crippen molar-refractivity contribution >= 4 is 11.9 Å². The number of aliphatic hydroxyl groups excluding tert-OH is 1. The molecule has 5 nitrogen and oxygen atoms in total. The number of carbonyl (C=O) groups excluding carboxylic acids is 2. The van der Waals surface area contributed by atoms with Crippen LogP contribution in [-0.4, -0.2) is 35.7 Å². The summed E-state index contributed by atoms with van der Waals surface area (Å²) in [6.45, 7) is 4.57. The zero-order valence-corrected chi connectivity index (χ0v) is 8.03. The highest BCUT2D eigenvalue weighted by Gasteiger charge is 2.25. The van der Waals surface area contributed by atoms with Crippen LogP contribution in [0, 0.1) is 0 Å². The minimum atomic E-state index is -0.975. The van der Waals surface area contributed by atoms with E-state index in [9.17, 15) is 9.59 Å². The zero-order chi connectivity index (χ0) is 10.4. The molecular weight excluding hydrogens is 174 g/mol. The normalized spacial score (nSPS) is 14.5. The third-order valence-corrected chi connectivity index (χ3v) is 1.38. The van der Waals surface area contributed by atoms with Gasteiger partial charge >= 0.3 is 5.97 Å². The van der Waals surface area contributed by atoms with Crippen molar-refractivity contribution in [1.82, 2.24) is 5.32 Å². The number of hydrogen-bond acceptors (Lipinski definition) is 4. The lowest BCUT2D eigenvalue weighted by Gasteiger charge is -2.18. The van der Waals surface area contributed by atoms with Gasteiger partial charge in [-0.1, -0.05) is 0 Å². The Morgan fingerprint density at radius 1 is 1.54 bits per heavy atom. The summed E-state index contributed by atoms with van der Waals surface area (Å²) >= 11 is 0. The summed E-state index contributed by atoms with van der Waals surface area (Å²) in [6, 6.07) is -0.975. The van der Waals surface area contributed by atoms with Gasteiger partial charge in [-0.25, -0.2) is 4.79 Å². The number of nitrogens with one attached hydrogen (secondary N) is 1. The molecule has 2 atom stereocenters. The fourth-order valence-electron chi connectivity index (χ4n) is 0.827. The number of rotatable bonds is 4. The molecule has 0 aromatic heterocycles. The van der Waals surface area contributed by atoms with E-state index in [0.29, 0.717) is 0 Å². The van der Waals surface area contributed by atoms with Gasteiger partial charge in [0.25, 0.3) is 0 Å². The van der Waals surface area contributed by atoms with E-state index in [2.05, 4.69) is 10.1 Å². The molecule has 0 rings (SSSR count). The Morgan fingerprint density at radius 2 is 2.08 bits per heavy atom. The van der Waals surface area contributed by atoms with Gasteiger partial charge in [0, 0.05) is 6.92 Å². The predicted molar refractivity (Wildman–Crippen MR) is 45.9 cm³/mol. The molecule has 5 heteroatoms. The van der Waals surface area contributed by atoms with Crippen LogP contribution in [0.1, 0.15) is 20.8 Å². The van der Waals surface area contributed by atoms with E-state index in [1.54, 1.807) is 6.92 Å². The number of carbonyl (C=O) groups is 2. The van der Waals surface area contributed by atoms with Crippen LogP contribution < -0.4 is 5.32 Å². The Balaban J connectivity index is 4.24. The molecule has 0 heterocycles. The van der Waals surface area contributed by atoms with E-state index in [1.807, 2.05) is 0 Å². The van der Waals surface area contributed by atoms with Gasteiger partial charge in [0.1, 0.15) is 0 Å². The van der Waals surface area contributed by atoms with Crippen molar-refractivity contribution < 1.29 is 19.4 Å². The highest BCUT2D eigenvalue weighted by molar-refractivity contribution is 5.83. The van der Waals surface area contributed by atoms with Gasteiger partial charge in [0.15, 0.2) is 6.04 Å². The van der Waals surface area contributed by atoms with Crippen LogP contribution in [0.5, 0.6) is 0 Å². The Bertz CT molecular complexity index is 191. The Kier molecular flexibility index (Phi) is 5.06. The minimum absolute atomic E-state index is 0.224.